The highest BCUT2D eigenvalue weighted by atomic mass is 19.1. The fraction of sp³-hybridized carbons (Fsp3) is 0.0800. The van der Waals surface area contributed by atoms with E-state index in [0.717, 1.165) is 11.1 Å². The fourth-order valence-electron chi connectivity index (χ4n) is 2.96. The lowest BCUT2D eigenvalue weighted by Crippen LogP contribution is -2.24. The number of para-hydroxylation sites is 1. The molecule has 0 saturated carbocycles. The van der Waals surface area contributed by atoms with Crippen LogP contribution in [0.4, 0.5) is 4.39 Å². The number of halogens is 1. The zero-order valence-corrected chi connectivity index (χ0v) is 17.3. The standard InChI is InChI=1S/C25H20FN3O3/c1-31-20-13-9-18(10-14-20)23-27-16-22(25(29-23)32-21-5-3-2-4-6-21)24(30)28-15-17-7-11-19(26)12-8-17/h2-14,16H,15H2,1H3,(H,28,30). The highest BCUT2D eigenvalue weighted by molar-refractivity contribution is 5.96. The van der Waals surface area contributed by atoms with Crippen LogP contribution in [0.3, 0.4) is 0 Å². The summed E-state index contributed by atoms with van der Waals surface area (Å²) in [4.78, 5) is 21.7. The molecule has 0 atom stereocenters. The number of methoxy groups -OCH3 is 1. The van der Waals surface area contributed by atoms with Crippen molar-refractivity contribution in [3.8, 4) is 28.8 Å². The van der Waals surface area contributed by atoms with Gasteiger partial charge >= 0.3 is 0 Å². The number of nitrogens with one attached hydrogen (secondary N) is 1. The molecule has 32 heavy (non-hydrogen) atoms. The van der Waals surface area contributed by atoms with Crippen LogP contribution in [0.15, 0.2) is 85.1 Å². The molecule has 4 rings (SSSR count). The fourth-order valence-corrected chi connectivity index (χ4v) is 2.96. The van der Waals surface area contributed by atoms with Crippen LogP contribution in [0.5, 0.6) is 17.4 Å². The summed E-state index contributed by atoms with van der Waals surface area (Å²) in [6, 6.07) is 22.3. The predicted octanol–water partition coefficient (Wildman–Crippen LogP) is 5.01. The molecular weight excluding hydrogens is 409 g/mol. The highest BCUT2D eigenvalue weighted by Crippen LogP contribution is 2.27. The van der Waals surface area contributed by atoms with Gasteiger partial charge in [0.05, 0.1) is 7.11 Å². The van der Waals surface area contributed by atoms with Gasteiger partial charge in [-0.05, 0) is 54.1 Å². The Morgan fingerprint density at radius 2 is 1.66 bits per heavy atom. The van der Waals surface area contributed by atoms with Crippen LogP contribution in [-0.2, 0) is 6.54 Å². The van der Waals surface area contributed by atoms with E-state index in [1.54, 1.807) is 43.5 Å². The van der Waals surface area contributed by atoms with Crippen LogP contribution in [0, 0.1) is 5.82 Å². The van der Waals surface area contributed by atoms with Crippen molar-refractivity contribution in [3.63, 3.8) is 0 Å². The van der Waals surface area contributed by atoms with Gasteiger partial charge < -0.3 is 14.8 Å². The summed E-state index contributed by atoms with van der Waals surface area (Å²) < 4.78 is 24.2. The molecule has 0 fully saturated rings. The number of nitrogens with zero attached hydrogens (tertiary/aromatic N) is 2. The molecule has 0 aliphatic rings. The van der Waals surface area contributed by atoms with Gasteiger partial charge in [-0.1, -0.05) is 30.3 Å². The monoisotopic (exact) mass is 429 g/mol. The Labute approximate surface area is 184 Å². The lowest BCUT2D eigenvalue weighted by Gasteiger charge is -2.12. The molecule has 1 aromatic heterocycles. The van der Waals surface area contributed by atoms with Crippen molar-refractivity contribution < 1.29 is 18.7 Å². The molecule has 7 heteroatoms. The zero-order chi connectivity index (χ0) is 22.3. The van der Waals surface area contributed by atoms with Crippen molar-refractivity contribution >= 4 is 5.91 Å². The third kappa shape index (κ3) is 5.07. The van der Waals surface area contributed by atoms with Crippen molar-refractivity contribution in [1.29, 1.82) is 0 Å². The molecule has 1 heterocycles. The van der Waals surface area contributed by atoms with Crippen LogP contribution < -0.4 is 14.8 Å². The third-order valence-electron chi connectivity index (χ3n) is 4.67. The van der Waals surface area contributed by atoms with Crippen LogP contribution in [0.2, 0.25) is 0 Å². The molecule has 0 saturated heterocycles. The largest absolute Gasteiger partial charge is 0.497 e. The van der Waals surface area contributed by atoms with E-state index < -0.39 is 5.91 Å². The summed E-state index contributed by atoms with van der Waals surface area (Å²) in [7, 11) is 1.59. The van der Waals surface area contributed by atoms with Gasteiger partial charge in [0.2, 0.25) is 5.88 Å². The van der Waals surface area contributed by atoms with Crippen LogP contribution in [0.1, 0.15) is 15.9 Å². The first-order chi connectivity index (χ1) is 15.6. The van der Waals surface area contributed by atoms with Crippen molar-refractivity contribution in [1.82, 2.24) is 15.3 Å². The summed E-state index contributed by atoms with van der Waals surface area (Å²) in [5.74, 6) is 1.07. The van der Waals surface area contributed by atoms with Crippen molar-refractivity contribution in [3.05, 3.63) is 102 Å². The second kappa shape index (κ2) is 9.70. The normalized spacial score (nSPS) is 10.4. The lowest BCUT2D eigenvalue weighted by molar-refractivity contribution is 0.0947. The van der Waals surface area contributed by atoms with E-state index in [4.69, 9.17) is 9.47 Å². The van der Waals surface area contributed by atoms with Gasteiger partial charge in [0, 0.05) is 18.3 Å². The minimum absolute atomic E-state index is 0.133. The molecule has 0 radical (unpaired) electrons. The summed E-state index contributed by atoms with van der Waals surface area (Å²) in [5.41, 5.74) is 1.70. The van der Waals surface area contributed by atoms with E-state index in [2.05, 4.69) is 15.3 Å². The molecule has 0 aliphatic heterocycles. The van der Waals surface area contributed by atoms with E-state index in [-0.39, 0.29) is 23.8 Å². The van der Waals surface area contributed by atoms with Crippen LogP contribution in [0.25, 0.3) is 11.4 Å². The second-order valence-electron chi connectivity index (χ2n) is 6.87. The average molecular weight is 429 g/mol. The number of benzene rings is 3. The van der Waals surface area contributed by atoms with E-state index >= 15 is 0 Å². The highest BCUT2D eigenvalue weighted by Gasteiger charge is 2.18. The number of ether oxygens (including phenoxy) is 2. The first kappa shape index (κ1) is 21.0. The molecule has 4 aromatic rings. The molecule has 1 N–H and O–H groups in total. The summed E-state index contributed by atoms with van der Waals surface area (Å²) >= 11 is 0. The molecule has 0 spiro atoms. The van der Waals surface area contributed by atoms with Crippen molar-refractivity contribution in [2.45, 2.75) is 6.54 Å². The number of carbonyl (C=O) groups excluding carboxylic acids is 1. The van der Waals surface area contributed by atoms with E-state index in [9.17, 15) is 9.18 Å². The maximum atomic E-state index is 13.1. The Bertz CT molecular complexity index is 1200. The Morgan fingerprint density at radius 1 is 0.938 bits per heavy atom. The summed E-state index contributed by atoms with van der Waals surface area (Å²) in [6.45, 7) is 0.226. The number of hydrogen-bond acceptors (Lipinski definition) is 5. The SMILES string of the molecule is COc1ccc(-c2ncc(C(=O)NCc3ccc(F)cc3)c(Oc3ccccc3)n2)cc1. The first-order valence-corrected chi connectivity index (χ1v) is 9.89. The average Bonchev–Trinajstić information content (AvgIpc) is 2.84. The van der Waals surface area contributed by atoms with Crippen molar-refractivity contribution in [2.75, 3.05) is 7.11 Å². The van der Waals surface area contributed by atoms with Gasteiger partial charge in [-0.25, -0.2) is 9.37 Å². The Kier molecular flexibility index (Phi) is 6.36. The summed E-state index contributed by atoms with van der Waals surface area (Å²) in [6.07, 6.45) is 1.44. The third-order valence-corrected chi connectivity index (χ3v) is 4.67. The van der Waals surface area contributed by atoms with Gasteiger partial charge in [0.25, 0.3) is 5.91 Å². The lowest BCUT2D eigenvalue weighted by atomic mass is 10.2. The molecule has 1 amide bonds. The molecule has 3 aromatic carbocycles. The topological polar surface area (TPSA) is 73.3 Å². The zero-order valence-electron chi connectivity index (χ0n) is 17.3. The van der Waals surface area contributed by atoms with Gasteiger partial charge in [-0.15, -0.1) is 0 Å². The number of carbonyl (C=O) groups is 1. The molecule has 0 bridgehead atoms. The number of aromatic nitrogens is 2. The predicted molar refractivity (Wildman–Crippen MR) is 118 cm³/mol. The van der Waals surface area contributed by atoms with Gasteiger partial charge in [-0.3, -0.25) is 4.79 Å². The van der Waals surface area contributed by atoms with Crippen molar-refractivity contribution in [2.24, 2.45) is 0 Å². The summed E-state index contributed by atoms with van der Waals surface area (Å²) in [5, 5.41) is 2.80. The first-order valence-electron chi connectivity index (χ1n) is 9.89. The van der Waals surface area contributed by atoms with Crippen LogP contribution in [-0.4, -0.2) is 23.0 Å². The van der Waals surface area contributed by atoms with Gasteiger partial charge in [-0.2, -0.15) is 4.98 Å². The number of hydrogen-bond donors (Lipinski definition) is 1. The molecule has 160 valence electrons. The maximum absolute atomic E-state index is 13.1. The van der Waals surface area contributed by atoms with E-state index in [1.165, 1.54) is 18.3 Å². The molecule has 0 unspecified atom stereocenters. The van der Waals surface area contributed by atoms with E-state index in [0.29, 0.717) is 17.3 Å². The Hall–Kier alpha value is -4.26. The molecular formula is C25H20FN3O3. The minimum Gasteiger partial charge on any atom is -0.497 e. The number of amides is 1. The smallest absolute Gasteiger partial charge is 0.258 e. The van der Waals surface area contributed by atoms with E-state index in [1.807, 2.05) is 30.3 Å². The molecule has 6 nitrogen and oxygen atoms in total. The second-order valence-corrected chi connectivity index (χ2v) is 6.87. The van der Waals surface area contributed by atoms with Gasteiger partial charge in [0.15, 0.2) is 5.82 Å². The molecule has 0 aliphatic carbocycles. The quantitative estimate of drug-likeness (QED) is 0.447. The van der Waals surface area contributed by atoms with Gasteiger partial charge in [0.1, 0.15) is 22.9 Å². The minimum atomic E-state index is -0.401. The number of rotatable bonds is 7. The van der Waals surface area contributed by atoms with Crippen LogP contribution >= 0.6 is 0 Å². The Morgan fingerprint density at radius 3 is 2.34 bits per heavy atom. The Balaban J connectivity index is 1.61. The maximum Gasteiger partial charge on any atom is 0.258 e.